The summed E-state index contributed by atoms with van der Waals surface area (Å²) >= 11 is 5.10. The van der Waals surface area contributed by atoms with E-state index in [2.05, 4.69) is 0 Å². The fourth-order valence-electron chi connectivity index (χ4n) is 0.920. The highest BCUT2D eigenvalue weighted by atomic mass is 35.5. The summed E-state index contributed by atoms with van der Waals surface area (Å²) in [5, 5.41) is -0.827. The number of sulfonamides is 1. The van der Waals surface area contributed by atoms with Crippen LogP contribution in [-0.2, 0) is 10.0 Å². The first-order chi connectivity index (χ1) is 6.73. The Morgan fingerprint density at radius 3 is 2.20 bits per heavy atom. The lowest BCUT2D eigenvalue weighted by atomic mass is 10.3. The number of alkyl halides is 4. The van der Waals surface area contributed by atoms with Crippen molar-refractivity contribution in [1.82, 2.24) is 4.31 Å². The minimum absolute atomic E-state index is 0.148. The molecule has 0 fully saturated rings. The first-order valence-corrected chi connectivity index (χ1v) is 6.48. The van der Waals surface area contributed by atoms with Gasteiger partial charge in [0.1, 0.15) is 11.8 Å². The van der Waals surface area contributed by atoms with Gasteiger partial charge in [-0.3, -0.25) is 0 Å². The maximum absolute atomic E-state index is 12.1. The third kappa shape index (κ3) is 6.21. The monoisotopic (exact) mass is 267 g/mol. The second kappa shape index (κ2) is 5.91. The second-order valence-electron chi connectivity index (χ2n) is 3.02. The zero-order chi connectivity index (χ0) is 12.1. The van der Waals surface area contributed by atoms with E-state index in [4.69, 9.17) is 11.6 Å². The SMILES string of the molecule is CCCCN(CC(F)(F)F)S(=O)(=O)CCl. The molecule has 0 amide bonds. The summed E-state index contributed by atoms with van der Waals surface area (Å²) in [4.78, 5) is 0. The normalized spacial score (nSPS) is 13.5. The van der Waals surface area contributed by atoms with Crippen LogP contribution in [0.15, 0.2) is 0 Å². The molecule has 0 saturated heterocycles. The Labute approximate surface area is 92.2 Å². The summed E-state index contributed by atoms with van der Waals surface area (Å²) in [6.45, 7) is 0.145. The van der Waals surface area contributed by atoms with Gasteiger partial charge in [0, 0.05) is 6.54 Å². The summed E-state index contributed by atoms with van der Waals surface area (Å²) in [7, 11) is -3.99. The quantitative estimate of drug-likeness (QED) is 0.692. The lowest BCUT2D eigenvalue weighted by Gasteiger charge is -2.21. The Morgan fingerprint density at radius 2 is 1.87 bits per heavy atom. The molecule has 0 aromatic carbocycles. The molecular weight excluding hydrogens is 255 g/mol. The van der Waals surface area contributed by atoms with E-state index in [1.54, 1.807) is 6.92 Å². The molecule has 3 nitrogen and oxygen atoms in total. The van der Waals surface area contributed by atoms with E-state index < -0.39 is 28.0 Å². The average molecular weight is 268 g/mol. The van der Waals surface area contributed by atoms with Crippen LogP contribution in [0.3, 0.4) is 0 Å². The third-order valence-electron chi connectivity index (χ3n) is 1.65. The highest BCUT2D eigenvalue weighted by Gasteiger charge is 2.35. The van der Waals surface area contributed by atoms with Gasteiger partial charge in [-0.05, 0) is 6.42 Å². The molecule has 92 valence electrons. The van der Waals surface area contributed by atoms with Gasteiger partial charge in [-0.25, -0.2) is 8.42 Å². The van der Waals surface area contributed by atoms with Crippen molar-refractivity contribution in [3.05, 3.63) is 0 Å². The molecular formula is C7H13ClF3NO2S. The van der Waals surface area contributed by atoms with Crippen molar-refractivity contribution in [3.8, 4) is 0 Å². The van der Waals surface area contributed by atoms with Crippen molar-refractivity contribution < 1.29 is 21.6 Å². The lowest BCUT2D eigenvalue weighted by Crippen LogP contribution is -2.40. The molecule has 0 aliphatic heterocycles. The Morgan fingerprint density at radius 1 is 1.33 bits per heavy atom. The molecule has 0 radical (unpaired) electrons. The first kappa shape index (κ1) is 15.0. The van der Waals surface area contributed by atoms with Crippen LogP contribution < -0.4 is 0 Å². The molecule has 0 bridgehead atoms. The van der Waals surface area contributed by atoms with Crippen LogP contribution in [0, 0.1) is 0 Å². The van der Waals surface area contributed by atoms with Crippen molar-refractivity contribution in [1.29, 1.82) is 0 Å². The summed E-state index contributed by atoms with van der Waals surface area (Å²) in [6.07, 6.45) is -3.54. The maximum atomic E-state index is 12.1. The van der Waals surface area contributed by atoms with E-state index in [0.717, 1.165) is 0 Å². The zero-order valence-electron chi connectivity index (χ0n) is 8.22. The maximum Gasteiger partial charge on any atom is 0.402 e. The number of nitrogens with zero attached hydrogens (tertiary/aromatic N) is 1. The van der Waals surface area contributed by atoms with Gasteiger partial charge in [-0.15, -0.1) is 11.6 Å². The minimum Gasteiger partial charge on any atom is -0.211 e. The minimum atomic E-state index is -4.53. The van der Waals surface area contributed by atoms with Crippen molar-refractivity contribution in [3.63, 3.8) is 0 Å². The molecule has 0 aromatic heterocycles. The van der Waals surface area contributed by atoms with Crippen molar-refractivity contribution in [2.45, 2.75) is 25.9 Å². The van der Waals surface area contributed by atoms with Crippen LogP contribution in [0.4, 0.5) is 13.2 Å². The highest BCUT2D eigenvalue weighted by molar-refractivity contribution is 7.90. The van der Waals surface area contributed by atoms with Gasteiger partial charge in [0.15, 0.2) is 0 Å². The van der Waals surface area contributed by atoms with E-state index in [1.807, 2.05) is 0 Å². The Balaban J connectivity index is 4.60. The molecule has 0 aliphatic rings. The molecule has 15 heavy (non-hydrogen) atoms. The average Bonchev–Trinajstić information content (AvgIpc) is 2.10. The van der Waals surface area contributed by atoms with Crippen LogP contribution >= 0.6 is 11.6 Å². The summed E-state index contributed by atoms with van der Waals surface area (Å²) < 4.78 is 58.9. The first-order valence-electron chi connectivity index (χ1n) is 4.33. The number of halogens is 4. The van der Waals surface area contributed by atoms with E-state index in [1.165, 1.54) is 0 Å². The molecule has 8 heteroatoms. The fraction of sp³-hybridized carbons (Fsp3) is 1.00. The van der Waals surface area contributed by atoms with E-state index in [-0.39, 0.29) is 6.54 Å². The van der Waals surface area contributed by atoms with Crippen LogP contribution in [0.2, 0.25) is 0 Å². The van der Waals surface area contributed by atoms with Gasteiger partial charge in [-0.1, -0.05) is 13.3 Å². The van der Waals surface area contributed by atoms with Gasteiger partial charge in [0.05, 0.1) is 0 Å². The summed E-state index contributed by atoms with van der Waals surface area (Å²) in [6, 6.07) is 0. The molecule has 0 aromatic rings. The topological polar surface area (TPSA) is 37.4 Å². The Kier molecular flexibility index (Phi) is 5.90. The van der Waals surface area contributed by atoms with Gasteiger partial charge >= 0.3 is 6.18 Å². The van der Waals surface area contributed by atoms with Crippen LogP contribution in [-0.4, -0.2) is 37.2 Å². The zero-order valence-corrected chi connectivity index (χ0v) is 9.79. The largest absolute Gasteiger partial charge is 0.402 e. The molecule has 0 saturated carbocycles. The van der Waals surface area contributed by atoms with Gasteiger partial charge < -0.3 is 0 Å². The Hall–Kier alpha value is -0.0100. The highest BCUT2D eigenvalue weighted by Crippen LogP contribution is 2.19. The Bertz CT molecular complexity index is 278. The van der Waals surface area contributed by atoms with Gasteiger partial charge in [0.2, 0.25) is 10.0 Å². The molecule has 0 N–H and O–H groups in total. The number of unbranched alkanes of at least 4 members (excludes halogenated alkanes) is 1. The van der Waals surface area contributed by atoms with Crippen molar-refractivity contribution in [2.24, 2.45) is 0 Å². The number of rotatable bonds is 6. The molecule has 0 spiro atoms. The third-order valence-corrected chi connectivity index (χ3v) is 3.85. The second-order valence-corrected chi connectivity index (χ2v) is 5.58. The van der Waals surface area contributed by atoms with Crippen LogP contribution in [0.25, 0.3) is 0 Å². The fourth-order valence-corrected chi connectivity index (χ4v) is 2.22. The predicted octanol–water partition coefficient (Wildman–Crippen LogP) is 2.18. The number of hydrogen-bond acceptors (Lipinski definition) is 2. The molecule has 0 aliphatic carbocycles. The van der Waals surface area contributed by atoms with E-state index in [9.17, 15) is 21.6 Å². The van der Waals surface area contributed by atoms with E-state index >= 15 is 0 Å². The molecule has 0 rings (SSSR count). The van der Waals surface area contributed by atoms with Crippen LogP contribution in [0.5, 0.6) is 0 Å². The van der Waals surface area contributed by atoms with Gasteiger partial charge in [-0.2, -0.15) is 17.5 Å². The lowest BCUT2D eigenvalue weighted by molar-refractivity contribution is -0.136. The number of hydrogen-bond donors (Lipinski definition) is 0. The molecule has 0 unspecified atom stereocenters. The summed E-state index contributed by atoms with van der Waals surface area (Å²) in [5.41, 5.74) is 0. The molecule has 0 heterocycles. The predicted molar refractivity (Wildman–Crippen MR) is 52.2 cm³/mol. The molecule has 0 atom stereocenters. The standard InChI is InChI=1S/C7H13ClF3NO2S/c1-2-3-4-12(5-7(9,10)11)15(13,14)6-8/h2-6H2,1H3. The van der Waals surface area contributed by atoms with Gasteiger partial charge in [0.25, 0.3) is 0 Å². The van der Waals surface area contributed by atoms with Crippen molar-refractivity contribution in [2.75, 3.05) is 18.3 Å². The smallest absolute Gasteiger partial charge is 0.211 e. The summed E-state index contributed by atoms with van der Waals surface area (Å²) in [5.74, 6) is 0. The van der Waals surface area contributed by atoms with Crippen molar-refractivity contribution >= 4 is 21.6 Å². The van der Waals surface area contributed by atoms with Crippen LogP contribution in [0.1, 0.15) is 19.8 Å². The van der Waals surface area contributed by atoms with E-state index in [0.29, 0.717) is 17.1 Å².